The molecule has 2 aliphatic heterocycles. The number of amides is 2. The summed E-state index contributed by atoms with van der Waals surface area (Å²) in [5.41, 5.74) is 3.09. The molecule has 2 aliphatic rings. The van der Waals surface area contributed by atoms with Crippen molar-refractivity contribution in [1.82, 2.24) is 20.4 Å². The van der Waals surface area contributed by atoms with Gasteiger partial charge < -0.3 is 10.4 Å². The Bertz CT molecular complexity index is 1090. The van der Waals surface area contributed by atoms with Crippen LogP contribution in [0.1, 0.15) is 26.5 Å². The van der Waals surface area contributed by atoms with Crippen LogP contribution >= 0.6 is 34.9 Å². The van der Waals surface area contributed by atoms with Crippen molar-refractivity contribution < 1.29 is 19.5 Å². The zero-order chi connectivity index (χ0) is 22.3. The molecule has 1 fully saturated rings. The molecule has 0 unspecified atom stereocenters. The number of hydrogen-bond donors (Lipinski definition) is 2. The van der Waals surface area contributed by atoms with Gasteiger partial charge in [0.25, 0.3) is 11.8 Å². The van der Waals surface area contributed by atoms with Crippen molar-refractivity contribution in [2.75, 3.05) is 11.5 Å². The first-order chi connectivity index (χ1) is 14.7. The molecule has 1 aromatic carbocycles. The summed E-state index contributed by atoms with van der Waals surface area (Å²) in [5.74, 6) is -0.988. The lowest BCUT2D eigenvalue weighted by molar-refractivity contribution is -0.148. The van der Waals surface area contributed by atoms with Crippen LogP contribution < -0.4 is 5.32 Å². The van der Waals surface area contributed by atoms with Gasteiger partial charge in [-0.3, -0.25) is 14.5 Å². The first kappa shape index (κ1) is 21.8. The van der Waals surface area contributed by atoms with E-state index in [4.69, 9.17) is 0 Å². The first-order valence-electron chi connectivity index (χ1n) is 9.46. The fourth-order valence-electron chi connectivity index (χ4n) is 3.61. The Kier molecular flexibility index (Phi) is 6.09. The van der Waals surface area contributed by atoms with Gasteiger partial charge in [0.15, 0.2) is 4.34 Å². The number of carboxylic acid groups (broad SMARTS) is 1. The molecule has 2 N–H and O–H groups in total. The molecular weight excluding hydrogens is 456 g/mol. The quantitative estimate of drug-likeness (QED) is 0.483. The van der Waals surface area contributed by atoms with Gasteiger partial charge in [-0.15, -0.1) is 22.0 Å². The zero-order valence-corrected chi connectivity index (χ0v) is 19.5. The number of aromatic nitrogens is 2. The summed E-state index contributed by atoms with van der Waals surface area (Å²) in [6.07, 6.45) is 0. The van der Waals surface area contributed by atoms with E-state index in [1.165, 1.54) is 39.8 Å². The van der Waals surface area contributed by atoms with E-state index in [0.29, 0.717) is 22.6 Å². The van der Waals surface area contributed by atoms with E-state index >= 15 is 0 Å². The fourth-order valence-corrected chi connectivity index (χ4v) is 6.91. The van der Waals surface area contributed by atoms with Crippen molar-refractivity contribution in [3.8, 4) is 0 Å². The van der Waals surface area contributed by atoms with Crippen molar-refractivity contribution in [2.45, 2.75) is 36.5 Å². The minimum Gasteiger partial charge on any atom is -0.477 e. The molecule has 1 aromatic heterocycles. The maximum Gasteiger partial charge on any atom is 0.352 e. The molecule has 2 atom stereocenters. The van der Waals surface area contributed by atoms with Crippen LogP contribution in [0, 0.1) is 20.8 Å². The number of thioether (sulfide) groups is 2. The van der Waals surface area contributed by atoms with Gasteiger partial charge in [0.1, 0.15) is 22.1 Å². The summed E-state index contributed by atoms with van der Waals surface area (Å²) in [5, 5.41) is 21.0. The van der Waals surface area contributed by atoms with Gasteiger partial charge in [-0.05, 0) is 38.5 Å². The van der Waals surface area contributed by atoms with Gasteiger partial charge in [-0.1, -0.05) is 40.3 Å². The lowest BCUT2D eigenvalue weighted by Gasteiger charge is -2.49. The second-order valence-electron chi connectivity index (χ2n) is 7.37. The van der Waals surface area contributed by atoms with E-state index in [9.17, 15) is 19.5 Å². The number of aryl methyl sites for hydroxylation is 3. The SMILES string of the molecule is Cc1cc(C)cc(C(=O)N[C@H]2C(=O)N3C(C(=O)O)=C(CSc4nnc(C)s4)CS[C@@H]23)c1. The first-order valence-corrected chi connectivity index (χ1v) is 12.3. The second-order valence-corrected chi connectivity index (χ2v) is 10.9. The highest BCUT2D eigenvalue weighted by Gasteiger charge is 2.54. The Hall–Kier alpha value is -2.37. The third-order valence-corrected chi connectivity index (χ3v) is 8.30. The minimum atomic E-state index is -1.14. The summed E-state index contributed by atoms with van der Waals surface area (Å²) in [6, 6.07) is 4.76. The van der Waals surface area contributed by atoms with Crippen LogP contribution in [0.3, 0.4) is 0 Å². The van der Waals surface area contributed by atoms with Crippen molar-refractivity contribution >= 4 is 52.6 Å². The number of carbonyl (C=O) groups is 3. The van der Waals surface area contributed by atoms with Crippen LogP contribution in [0.25, 0.3) is 0 Å². The van der Waals surface area contributed by atoms with Gasteiger partial charge in [0.05, 0.1) is 0 Å². The van der Waals surface area contributed by atoms with Gasteiger partial charge in [-0.2, -0.15) is 0 Å². The number of nitrogens with zero attached hydrogens (tertiary/aromatic N) is 3. The van der Waals surface area contributed by atoms with Crippen molar-refractivity contribution in [3.63, 3.8) is 0 Å². The zero-order valence-electron chi connectivity index (χ0n) is 17.0. The van der Waals surface area contributed by atoms with Crippen LogP contribution in [-0.2, 0) is 9.59 Å². The second kappa shape index (κ2) is 8.64. The fraction of sp³-hybridized carbons (Fsp3) is 0.350. The lowest BCUT2D eigenvalue weighted by Crippen LogP contribution is -2.70. The van der Waals surface area contributed by atoms with Crippen LogP contribution in [0.2, 0.25) is 0 Å². The topological polar surface area (TPSA) is 112 Å². The molecule has 0 spiro atoms. The number of aliphatic carboxylic acids is 1. The van der Waals surface area contributed by atoms with Crippen LogP contribution in [0.15, 0.2) is 33.8 Å². The molecule has 0 radical (unpaired) electrons. The molecule has 8 nitrogen and oxygen atoms in total. The standard InChI is InChI=1S/C20H20N4O4S3/c1-9-4-10(2)6-12(5-9)16(25)21-14-17(26)24-15(19(27)28)13(7-29-18(14)24)8-30-20-23-22-11(3)31-20/h4-6,14,18H,7-8H2,1-3H3,(H,21,25)(H,27,28)/t14-,18-/m0/s1. The Balaban J connectivity index is 1.49. The number of fused-ring (bicyclic) bond motifs is 1. The number of nitrogens with one attached hydrogen (secondary N) is 1. The molecule has 3 heterocycles. The van der Waals surface area contributed by atoms with Gasteiger partial charge in [0, 0.05) is 17.1 Å². The average molecular weight is 477 g/mol. The average Bonchev–Trinajstić information content (AvgIpc) is 3.13. The smallest absolute Gasteiger partial charge is 0.352 e. The van der Waals surface area contributed by atoms with Crippen LogP contribution in [0.5, 0.6) is 0 Å². The summed E-state index contributed by atoms with van der Waals surface area (Å²) in [7, 11) is 0. The Morgan fingerprint density at radius 3 is 2.55 bits per heavy atom. The molecule has 162 valence electrons. The highest BCUT2D eigenvalue weighted by atomic mass is 32.2. The van der Waals surface area contributed by atoms with Gasteiger partial charge >= 0.3 is 5.97 Å². The van der Waals surface area contributed by atoms with Crippen molar-refractivity contribution in [2.24, 2.45) is 0 Å². The lowest BCUT2D eigenvalue weighted by atomic mass is 10.0. The van der Waals surface area contributed by atoms with Crippen LogP contribution in [0.4, 0.5) is 0 Å². The molecular formula is C20H20N4O4S3. The molecule has 1 saturated heterocycles. The largest absolute Gasteiger partial charge is 0.477 e. The minimum absolute atomic E-state index is 0.0133. The molecule has 2 aromatic rings. The maximum atomic E-state index is 12.8. The molecule has 0 saturated carbocycles. The molecule has 0 aliphatic carbocycles. The van der Waals surface area contributed by atoms with E-state index in [0.717, 1.165) is 20.5 Å². The molecule has 2 amide bonds. The Labute approximate surface area is 191 Å². The number of benzene rings is 1. The monoisotopic (exact) mass is 476 g/mol. The number of rotatable bonds is 6. The van der Waals surface area contributed by atoms with E-state index in [-0.39, 0.29) is 11.6 Å². The van der Waals surface area contributed by atoms with E-state index < -0.39 is 23.3 Å². The number of β-lactam (4-membered cyclic amide) rings is 1. The summed E-state index contributed by atoms with van der Waals surface area (Å²) in [6.45, 7) is 5.67. The third kappa shape index (κ3) is 4.35. The van der Waals surface area contributed by atoms with Gasteiger partial charge in [-0.25, -0.2) is 4.79 Å². The summed E-state index contributed by atoms with van der Waals surface area (Å²) >= 11 is 4.32. The van der Waals surface area contributed by atoms with Crippen molar-refractivity contribution in [3.05, 3.63) is 51.2 Å². The highest BCUT2D eigenvalue weighted by molar-refractivity contribution is 8.01. The molecule has 0 bridgehead atoms. The van der Waals surface area contributed by atoms with Crippen molar-refractivity contribution in [1.29, 1.82) is 0 Å². The van der Waals surface area contributed by atoms with Gasteiger partial charge in [0.2, 0.25) is 0 Å². The van der Waals surface area contributed by atoms with E-state index in [1.807, 2.05) is 26.8 Å². The maximum absolute atomic E-state index is 12.8. The predicted molar refractivity (Wildman–Crippen MR) is 120 cm³/mol. The summed E-state index contributed by atoms with van der Waals surface area (Å²) in [4.78, 5) is 38.7. The van der Waals surface area contributed by atoms with E-state index in [1.54, 1.807) is 12.1 Å². The van der Waals surface area contributed by atoms with E-state index in [2.05, 4.69) is 15.5 Å². The Morgan fingerprint density at radius 1 is 1.23 bits per heavy atom. The number of hydrogen-bond acceptors (Lipinski definition) is 8. The summed E-state index contributed by atoms with van der Waals surface area (Å²) < 4.78 is 0.760. The number of carbonyl (C=O) groups excluding carboxylic acids is 2. The normalized spacial score (nSPS) is 20.4. The molecule has 11 heteroatoms. The molecule has 4 rings (SSSR count). The molecule has 31 heavy (non-hydrogen) atoms. The Morgan fingerprint density at radius 2 is 1.94 bits per heavy atom. The third-order valence-electron chi connectivity index (χ3n) is 4.90. The number of carboxylic acids is 1. The predicted octanol–water partition coefficient (Wildman–Crippen LogP) is 2.61. The van der Waals surface area contributed by atoms with Crippen LogP contribution in [-0.4, -0.2) is 60.9 Å². The highest BCUT2D eigenvalue weighted by Crippen LogP contribution is 2.41.